The Kier molecular flexibility index (Phi) is 9.39. The average molecular weight is 431 g/mol. The van der Waals surface area contributed by atoms with E-state index in [1.54, 1.807) is 26.6 Å². The highest BCUT2D eigenvalue weighted by atomic mass is 32.1. The molecule has 8 nitrogen and oxygen atoms in total. The third kappa shape index (κ3) is 6.93. The molecule has 160 valence electrons. The molecule has 0 radical (unpaired) electrons. The maximum atomic E-state index is 5.49. The van der Waals surface area contributed by atoms with Crippen molar-refractivity contribution in [2.24, 2.45) is 10.2 Å². The second-order valence-corrected chi connectivity index (χ2v) is 6.16. The van der Waals surface area contributed by atoms with Gasteiger partial charge in [-0.25, -0.2) is 0 Å². The van der Waals surface area contributed by atoms with Crippen LogP contribution in [0.1, 0.15) is 25.0 Å². The molecule has 2 aromatic rings. The molecule has 0 atom stereocenters. The Hall–Kier alpha value is -3.33. The topological polar surface area (TPSA) is 85.7 Å². The molecule has 0 aliphatic rings. The van der Waals surface area contributed by atoms with Gasteiger partial charge in [-0.1, -0.05) is 0 Å². The van der Waals surface area contributed by atoms with Crippen LogP contribution in [-0.4, -0.2) is 45.0 Å². The fourth-order valence-corrected chi connectivity index (χ4v) is 2.54. The smallest absolute Gasteiger partial charge is 0.207 e. The Morgan fingerprint density at radius 1 is 0.800 bits per heavy atom. The lowest BCUT2D eigenvalue weighted by atomic mass is 10.2. The number of benzene rings is 2. The summed E-state index contributed by atoms with van der Waals surface area (Å²) < 4.78 is 21.6. The predicted molar refractivity (Wildman–Crippen MR) is 122 cm³/mol. The minimum Gasteiger partial charge on any atom is -0.493 e. The van der Waals surface area contributed by atoms with E-state index in [2.05, 4.69) is 21.1 Å². The quantitative estimate of drug-likeness (QED) is 0.340. The first-order chi connectivity index (χ1) is 14.6. The number of hydrogen-bond acceptors (Lipinski definition) is 7. The van der Waals surface area contributed by atoms with Crippen LogP contribution in [0, 0.1) is 0 Å². The van der Waals surface area contributed by atoms with Crippen molar-refractivity contribution in [3.8, 4) is 23.0 Å². The van der Waals surface area contributed by atoms with Gasteiger partial charge in [0.05, 0.1) is 39.9 Å². The van der Waals surface area contributed by atoms with Crippen LogP contribution in [0.2, 0.25) is 0 Å². The maximum Gasteiger partial charge on any atom is 0.207 e. The summed E-state index contributed by atoms with van der Waals surface area (Å²) in [6, 6.07) is 11.0. The molecule has 0 amide bonds. The minimum absolute atomic E-state index is 0.248. The molecule has 9 heteroatoms. The van der Waals surface area contributed by atoms with Crippen molar-refractivity contribution in [2.45, 2.75) is 13.8 Å². The highest BCUT2D eigenvalue weighted by Gasteiger charge is 2.05. The summed E-state index contributed by atoms with van der Waals surface area (Å²) in [5, 5.41) is 8.43. The fraction of sp³-hybridized carbons (Fsp3) is 0.286. The number of rotatable bonds is 10. The zero-order valence-corrected chi connectivity index (χ0v) is 18.3. The lowest BCUT2D eigenvalue weighted by molar-refractivity contribution is 0.311. The summed E-state index contributed by atoms with van der Waals surface area (Å²) in [5.74, 6) is 2.64. The van der Waals surface area contributed by atoms with Crippen LogP contribution in [-0.2, 0) is 0 Å². The van der Waals surface area contributed by atoms with E-state index >= 15 is 0 Å². The standard InChI is InChI=1S/C21H26N4O4S/c1-5-28-17-9-7-15(11-19(17)26-3)13-22-24-21(30)25-23-14-16-8-10-18(29-6-2)20(12-16)27-4/h7-14H,5-6H2,1-4H3,(H2,24,25,30)/b22-13-,23-14-. The van der Waals surface area contributed by atoms with Gasteiger partial charge in [0, 0.05) is 0 Å². The van der Waals surface area contributed by atoms with Crippen molar-refractivity contribution in [2.75, 3.05) is 27.4 Å². The van der Waals surface area contributed by atoms with Crippen LogP contribution in [0.25, 0.3) is 0 Å². The number of ether oxygens (including phenoxy) is 4. The first-order valence-corrected chi connectivity index (χ1v) is 9.75. The number of hydrazone groups is 2. The molecule has 30 heavy (non-hydrogen) atoms. The first kappa shape index (κ1) is 23.0. The molecule has 0 fully saturated rings. The Labute approximate surface area is 181 Å². The number of nitrogens with one attached hydrogen (secondary N) is 2. The molecule has 0 bridgehead atoms. The summed E-state index contributed by atoms with van der Waals surface area (Å²) in [5.41, 5.74) is 7.06. The van der Waals surface area contributed by atoms with Crippen molar-refractivity contribution in [1.29, 1.82) is 0 Å². The van der Waals surface area contributed by atoms with Crippen molar-refractivity contribution >= 4 is 29.8 Å². The number of methoxy groups -OCH3 is 2. The van der Waals surface area contributed by atoms with Crippen molar-refractivity contribution in [3.63, 3.8) is 0 Å². The Bertz CT molecular complexity index is 831. The Morgan fingerprint density at radius 3 is 1.60 bits per heavy atom. The number of nitrogens with zero attached hydrogens (tertiary/aromatic N) is 2. The van der Waals surface area contributed by atoms with Gasteiger partial charge in [-0.05, 0) is 73.6 Å². The van der Waals surface area contributed by atoms with Gasteiger partial charge in [-0.2, -0.15) is 10.2 Å². The van der Waals surface area contributed by atoms with Gasteiger partial charge < -0.3 is 18.9 Å². The monoisotopic (exact) mass is 430 g/mol. The van der Waals surface area contributed by atoms with Crippen LogP contribution >= 0.6 is 12.2 Å². The van der Waals surface area contributed by atoms with Crippen molar-refractivity contribution in [3.05, 3.63) is 47.5 Å². The maximum absolute atomic E-state index is 5.49. The molecule has 0 unspecified atom stereocenters. The molecule has 0 heterocycles. The van der Waals surface area contributed by atoms with E-state index in [0.29, 0.717) is 36.2 Å². The molecule has 0 aromatic heterocycles. The number of hydrogen-bond donors (Lipinski definition) is 2. The van der Waals surface area contributed by atoms with E-state index < -0.39 is 0 Å². The molecule has 0 aliphatic heterocycles. The van der Waals surface area contributed by atoms with Gasteiger partial charge in [0.25, 0.3) is 0 Å². The van der Waals surface area contributed by atoms with E-state index in [4.69, 9.17) is 31.2 Å². The number of thiocarbonyl (C=S) groups is 1. The molecule has 2 rings (SSSR count). The second-order valence-electron chi connectivity index (χ2n) is 5.76. The lowest BCUT2D eigenvalue weighted by Gasteiger charge is -2.09. The third-order valence-electron chi connectivity index (χ3n) is 3.73. The van der Waals surface area contributed by atoms with Crippen LogP contribution in [0.15, 0.2) is 46.6 Å². The zero-order chi connectivity index (χ0) is 21.8. The van der Waals surface area contributed by atoms with Crippen LogP contribution < -0.4 is 29.8 Å². The third-order valence-corrected chi connectivity index (χ3v) is 3.92. The molecule has 2 aromatic carbocycles. The average Bonchev–Trinajstić information content (AvgIpc) is 2.76. The first-order valence-electron chi connectivity index (χ1n) is 9.35. The van der Waals surface area contributed by atoms with E-state index in [9.17, 15) is 0 Å². The van der Waals surface area contributed by atoms with Gasteiger partial charge in [0.1, 0.15) is 0 Å². The normalized spacial score (nSPS) is 10.8. The minimum atomic E-state index is 0.248. The second kappa shape index (κ2) is 12.3. The van der Waals surface area contributed by atoms with E-state index in [1.807, 2.05) is 50.2 Å². The largest absolute Gasteiger partial charge is 0.493 e. The van der Waals surface area contributed by atoms with Gasteiger partial charge in [-0.15, -0.1) is 0 Å². The van der Waals surface area contributed by atoms with Crippen LogP contribution in [0.3, 0.4) is 0 Å². The highest BCUT2D eigenvalue weighted by Crippen LogP contribution is 2.28. The fourth-order valence-electron chi connectivity index (χ4n) is 2.43. The zero-order valence-electron chi connectivity index (χ0n) is 17.5. The van der Waals surface area contributed by atoms with E-state index in [-0.39, 0.29) is 5.11 Å². The summed E-state index contributed by atoms with van der Waals surface area (Å²) in [7, 11) is 3.18. The lowest BCUT2D eigenvalue weighted by Crippen LogP contribution is -2.28. The molecule has 0 aliphatic carbocycles. The Morgan fingerprint density at radius 2 is 1.23 bits per heavy atom. The van der Waals surface area contributed by atoms with Crippen LogP contribution in [0.5, 0.6) is 23.0 Å². The summed E-state index contributed by atoms with van der Waals surface area (Å²) in [6.07, 6.45) is 3.24. The SMILES string of the molecule is CCOc1ccc(/C=N\NC(=S)N/N=C\c2ccc(OCC)c(OC)c2)cc1OC. The van der Waals surface area contributed by atoms with Crippen molar-refractivity contribution < 1.29 is 18.9 Å². The molecule has 0 spiro atoms. The van der Waals surface area contributed by atoms with Gasteiger partial charge in [-0.3, -0.25) is 10.9 Å². The molecule has 2 N–H and O–H groups in total. The molecular formula is C21H26N4O4S. The van der Waals surface area contributed by atoms with E-state index in [1.165, 1.54) is 0 Å². The van der Waals surface area contributed by atoms with Crippen molar-refractivity contribution in [1.82, 2.24) is 10.9 Å². The Balaban J connectivity index is 1.89. The van der Waals surface area contributed by atoms with Gasteiger partial charge >= 0.3 is 0 Å². The summed E-state index contributed by atoms with van der Waals surface area (Å²) in [6.45, 7) is 4.97. The molecular weight excluding hydrogens is 404 g/mol. The van der Waals surface area contributed by atoms with Gasteiger partial charge in [0.2, 0.25) is 5.11 Å². The van der Waals surface area contributed by atoms with Crippen LogP contribution in [0.4, 0.5) is 0 Å². The predicted octanol–water partition coefficient (Wildman–Crippen LogP) is 3.33. The van der Waals surface area contributed by atoms with Gasteiger partial charge in [0.15, 0.2) is 23.0 Å². The van der Waals surface area contributed by atoms with E-state index in [0.717, 1.165) is 11.1 Å². The summed E-state index contributed by atoms with van der Waals surface area (Å²) in [4.78, 5) is 0. The molecule has 0 saturated heterocycles. The summed E-state index contributed by atoms with van der Waals surface area (Å²) >= 11 is 5.15. The molecule has 0 saturated carbocycles. The highest BCUT2D eigenvalue weighted by molar-refractivity contribution is 7.80.